The van der Waals surface area contributed by atoms with Crippen molar-refractivity contribution < 1.29 is 14.3 Å². The van der Waals surface area contributed by atoms with Gasteiger partial charge in [0.25, 0.3) is 0 Å². The number of hydrogen-bond donors (Lipinski definition) is 0. The molecule has 19 heavy (non-hydrogen) atoms. The number of ether oxygens (including phenoxy) is 2. The lowest BCUT2D eigenvalue weighted by atomic mass is 10.1. The molecule has 5 heteroatoms. The van der Waals surface area contributed by atoms with Crippen LogP contribution in [-0.4, -0.2) is 37.1 Å². The zero-order valence-electron chi connectivity index (χ0n) is 11.2. The van der Waals surface area contributed by atoms with Gasteiger partial charge >= 0.3 is 0 Å². The fourth-order valence-corrected chi connectivity index (χ4v) is 2.33. The van der Waals surface area contributed by atoms with Crippen molar-refractivity contribution in [3.63, 3.8) is 0 Å². The SMILES string of the molecule is CCN(CC)C(=O)C(Cl)c1ccc2c(c1)OCCO2. The van der Waals surface area contributed by atoms with Gasteiger partial charge in [-0.25, -0.2) is 0 Å². The molecule has 0 aromatic heterocycles. The molecule has 0 radical (unpaired) electrons. The Hall–Kier alpha value is -1.42. The molecular formula is C14H18ClNO3. The Kier molecular flexibility index (Phi) is 4.53. The van der Waals surface area contributed by atoms with Gasteiger partial charge in [0.05, 0.1) is 0 Å². The maximum atomic E-state index is 12.2. The van der Waals surface area contributed by atoms with Crippen molar-refractivity contribution in [3.05, 3.63) is 23.8 Å². The molecule has 1 atom stereocenters. The van der Waals surface area contributed by atoms with E-state index in [0.29, 0.717) is 37.8 Å². The predicted molar refractivity (Wildman–Crippen MR) is 74.0 cm³/mol. The van der Waals surface area contributed by atoms with Crippen LogP contribution in [0, 0.1) is 0 Å². The molecule has 4 nitrogen and oxygen atoms in total. The van der Waals surface area contributed by atoms with E-state index in [4.69, 9.17) is 21.1 Å². The number of amides is 1. The molecule has 1 aromatic carbocycles. The third kappa shape index (κ3) is 2.95. The van der Waals surface area contributed by atoms with E-state index in [-0.39, 0.29) is 5.91 Å². The second kappa shape index (κ2) is 6.15. The van der Waals surface area contributed by atoms with Crippen LogP contribution in [0.2, 0.25) is 0 Å². The van der Waals surface area contributed by atoms with Gasteiger partial charge in [0, 0.05) is 13.1 Å². The van der Waals surface area contributed by atoms with Crippen molar-refractivity contribution in [1.82, 2.24) is 4.90 Å². The molecule has 1 amide bonds. The quantitative estimate of drug-likeness (QED) is 0.798. The Morgan fingerprint density at radius 3 is 2.53 bits per heavy atom. The molecule has 0 N–H and O–H groups in total. The molecule has 1 heterocycles. The largest absolute Gasteiger partial charge is 0.486 e. The Balaban J connectivity index is 2.19. The molecule has 1 unspecified atom stereocenters. The molecule has 0 fully saturated rings. The Labute approximate surface area is 118 Å². The van der Waals surface area contributed by atoms with E-state index in [1.165, 1.54) is 0 Å². The lowest BCUT2D eigenvalue weighted by Gasteiger charge is -2.23. The van der Waals surface area contributed by atoms with Gasteiger partial charge in [0.2, 0.25) is 5.91 Å². The van der Waals surface area contributed by atoms with E-state index in [9.17, 15) is 4.79 Å². The minimum absolute atomic E-state index is 0.0802. The molecule has 1 aromatic rings. The van der Waals surface area contributed by atoms with Crippen molar-refractivity contribution >= 4 is 17.5 Å². The minimum atomic E-state index is -0.685. The summed E-state index contributed by atoms with van der Waals surface area (Å²) in [6, 6.07) is 5.40. The van der Waals surface area contributed by atoms with Crippen LogP contribution in [-0.2, 0) is 4.79 Å². The molecule has 0 aliphatic carbocycles. The first-order valence-corrected chi connectivity index (χ1v) is 6.93. The first-order chi connectivity index (χ1) is 9.17. The molecule has 1 aliphatic rings. The number of benzene rings is 1. The first-order valence-electron chi connectivity index (χ1n) is 6.49. The number of carbonyl (C=O) groups excluding carboxylic acids is 1. The Bertz CT molecular complexity index is 460. The fraction of sp³-hybridized carbons (Fsp3) is 0.500. The zero-order chi connectivity index (χ0) is 13.8. The monoisotopic (exact) mass is 283 g/mol. The highest BCUT2D eigenvalue weighted by Gasteiger charge is 2.24. The summed E-state index contributed by atoms with van der Waals surface area (Å²) in [6.45, 7) is 6.26. The van der Waals surface area contributed by atoms with Crippen molar-refractivity contribution in [2.45, 2.75) is 19.2 Å². The number of halogens is 1. The maximum Gasteiger partial charge on any atom is 0.245 e. The van der Waals surface area contributed by atoms with E-state index < -0.39 is 5.38 Å². The lowest BCUT2D eigenvalue weighted by molar-refractivity contribution is -0.130. The van der Waals surface area contributed by atoms with Gasteiger partial charge in [-0.15, -0.1) is 11.6 Å². The van der Waals surface area contributed by atoms with Gasteiger partial charge in [-0.3, -0.25) is 4.79 Å². The highest BCUT2D eigenvalue weighted by molar-refractivity contribution is 6.30. The standard InChI is InChI=1S/C14H18ClNO3/c1-3-16(4-2)14(17)13(15)10-5-6-11-12(9-10)19-8-7-18-11/h5-6,9,13H,3-4,7-8H2,1-2H3. The predicted octanol–water partition coefficient (Wildman–Crippen LogP) is 2.61. The zero-order valence-corrected chi connectivity index (χ0v) is 11.9. The van der Waals surface area contributed by atoms with E-state index in [1.54, 1.807) is 17.0 Å². The topological polar surface area (TPSA) is 38.8 Å². The smallest absolute Gasteiger partial charge is 0.245 e. The molecule has 0 spiro atoms. The van der Waals surface area contributed by atoms with Gasteiger partial charge in [0.1, 0.15) is 18.6 Å². The summed E-state index contributed by atoms with van der Waals surface area (Å²) in [6.07, 6.45) is 0. The van der Waals surface area contributed by atoms with Crippen LogP contribution in [0.25, 0.3) is 0 Å². The molecule has 1 aliphatic heterocycles. The number of carbonyl (C=O) groups is 1. The number of hydrogen-bond acceptors (Lipinski definition) is 3. The van der Waals surface area contributed by atoms with E-state index >= 15 is 0 Å². The van der Waals surface area contributed by atoms with Crippen molar-refractivity contribution in [2.75, 3.05) is 26.3 Å². The normalized spacial score (nSPS) is 14.9. The van der Waals surface area contributed by atoms with E-state index in [0.717, 1.165) is 5.56 Å². The van der Waals surface area contributed by atoms with Gasteiger partial charge in [-0.1, -0.05) is 6.07 Å². The molecule has 0 saturated carbocycles. The summed E-state index contributed by atoms with van der Waals surface area (Å²) >= 11 is 6.26. The van der Waals surface area contributed by atoms with Gasteiger partial charge in [0.15, 0.2) is 11.5 Å². The summed E-state index contributed by atoms with van der Waals surface area (Å²) in [5.41, 5.74) is 0.739. The second-order valence-electron chi connectivity index (χ2n) is 4.28. The Morgan fingerprint density at radius 2 is 1.89 bits per heavy atom. The number of nitrogens with zero attached hydrogens (tertiary/aromatic N) is 1. The van der Waals surface area contributed by atoms with Gasteiger partial charge in [-0.05, 0) is 31.5 Å². The molecule has 0 saturated heterocycles. The molecule has 104 valence electrons. The average molecular weight is 284 g/mol. The maximum absolute atomic E-state index is 12.2. The molecular weight excluding hydrogens is 266 g/mol. The number of alkyl halides is 1. The van der Waals surface area contributed by atoms with Crippen LogP contribution < -0.4 is 9.47 Å². The van der Waals surface area contributed by atoms with Crippen molar-refractivity contribution in [3.8, 4) is 11.5 Å². The highest BCUT2D eigenvalue weighted by atomic mass is 35.5. The third-order valence-electron chi connectivity index (χ3n) is 3.15. The van der Waals surface area contributed by atoms with Crippen LogP contribution in [0.5, 0.6) is 11.5 Å². The van der Waals surface area contributed by atoms with Crippen molar-refractivity contribution in [2.24, 2.45) is 0 Å². The Morgan fingerprint density at radius 1 is 1.26 bits per heavy atom. The van der Waals surface area contributed by atoms with E-state index in [1.807, 2.05) is 19.9 Å². The summed E-state index contributed by atoms with van der Waals surface area (Å²) in [4.78, 5) is 13.9. The lowest BCUT2D eigenvalue weighted by Crippen LogP contribution is -2.33. The van der Waals surface area contributed by atoms with Crippen LogP contribution >= 0.6 is 11.6 Å². The van der Waals surface area contributed by atoms with Crippen LogP contribution in [0.3, 0.4) is 0 Å². The first kappa shape index (κ1) is 14.0. The summed E-state index contributed by atoms with van der Waals surface area (Å²) in [7, 11) is 0. The summed E-state index contributed by atoms with van der Waals surface area (Å²) in [5.74, 6) is 1.28. The second-order valence-corrected chi connectivity index (χ2v) is 4.71. The van der Waals surface area contributed by atoms with Crippen LogP contribution in [0.1, 0.15) is 24.8 Å². The minimum Gasteiger partial charge on any atom is -0.486 e. The van der Waals surface area contributed by atoms with Gasteiger partial charge in [-0.2, -0.15) is 0 Å². The number of rotatable bonds is 4. The molecule has 0 bridgehead atoms. The fourth-order valence-electron chi connectivity index (χ4n) is 2.06. The number of fused-ring (bicyclic) bond motifs is 1. The van der Waals surface area contributed by atoms with Crippen molar-refractivity contribution in [1.29, 1.82) is 0 Å². The average Bonchev–Trinajstić information content (AvgIpc) is 2.47. The van der Waals surface area contributed by atoms with Crippen LogP contribution in [0.15, 0.2) is 18.2 Å². The number of likely N-dealkylation sites (N-methyl/N-ethyl adjacent to an activating group) is 1. The van der Waals surface area contributed by atoms with E-state index in [2.05, 4.69) is 0 Å². The summed E-state index contributed by atoms with van der Waals surface area (Å²) < 4.78 is 10.9. The van der Waals surface area contributed by atoms with Gasteiger partial charge < -0.3 is 14.4 Å². The third-order valence-corrected chi connectivity index (χ3v) is 3.59. The van der Waals surface area contributed by atoms with Crippen LogP contribution in [0.4, 0.5) is 0 Å². The highest BCUT2D eigenvalue weighted by Crippen LogP contribution is 2.34. The summed E-state index contributed by atoms with van der Waals surface area (Å²) in [5, 5.41) is -0.685. The molecule has 2 rings (SSSR count).